The van der Waals surface area contributed by atoms with E-state index in [1.54, 1.807) is 0 Å². The van der Waals surface area contributed by atoms with Crippen molar-refractivity contribution < 1.29 is 9.32 Å². The van der Waals surface area contributed by atoms with Crippen molar-refractivity contribution in [2.24, 2.45) is 0 Å². The fraction of sp³-hybridized carbons (Fsp3) is 0.450. The lowest BCUT2D eigenvalue weighted by Crippen LogP contribution is -2.35. The number of amides is 1. The van der Waals surface area contributed by atoms with Crippen LogP contribution in [0.1, 0.15) is 49.2 Å². The van der Waals surface area contributed by atoms with Gasteiger partial charge in [-0.1, -0.05) is 23.7 Å². The molecule has 1 N–H and O–H groups in total. The highest BCUT2D eigenvalue weighted by Gasteiger charge is 2.24. The molecule has 0 saturated carbocycles. The van der Waals surface area contributed by atoms with Crippen molar-refractivity contribution in [1.82, 2.24) is 20.0 Å². The second-order valence-electron chi connectivity index (χ2n) is 7.05. The predicted octanol–water partition coefficient (Wildman–Crippen LogP) is 4.06. The molecule has 1 aromatic carbocycles. The molecule has 7 heteroatoms. The van der Waals surface area contributed by atoms with Gasteiger partial charge in [0.25, 0.3) is 0 Å². The van der Waals surface area contributed by atoms with E-state index in [2.05, 4.69) is 22.0 Å². The van der Waals surface area contributed by atoms with E-state index in [0.29, 0.717) is 25.3 Å². The van der Waals surface area contributed by atoms with Gasteiger partial charge in [0, 0.05) is 66.0 Å². The molecule has 3 aromatic rings. The smallest absolute Gasteiger partial charge is 0.226 e. The Bertz CT molecular complexity index is 962. The Labute approximate surface area is 162 Å². The summed E-state index contributed by atoms with van der Waals surface area (Å²) in [6.07, 6.45) is 4.52. The van der Waals surface area contributed by atoms with Gasteiger partial charge in [-0.15, -0.1) is 0 Å². The first-order chi connectivity index (χ1) is 13.1. The number of carbonyl (C=O) groups excluding carboxylic acids is 1. The predicted molar refractivity (Wildman–Crippen MR) is 104 cm³/mol. The summed E-state index contributed by atoms with van der Waals surface area (Å²) >= 11 is 6.15. The van der Waals surface area contributed by atoms with Gasteiger partial charge in [0.1, 0.15) is 0 Å². The normalized spacial score (nSPS) is 13.9. The van der Waals surface area contributed by atoms with Crippen LogP contribution in [0, 0.1) is 0 Å². The number of aromatic amines is 1. The maximum atomic E-state index is 12.7. The maximum Gasteiger partial charge on any atom is 0.226 e. The quantitative estimate of drug-likeness (QED) is 0.693. The molecule has 0 radical (unpaired) electrons. The highest BCUT2D eigenvalue weighted by Crippen LogP contribution is 2.30. The van der Waals surface area contributed by atoms with E-state index >= 15 is 0 Å². The molecule has 2 aromatic heterocycles. The molecule has 1 aliphatic heterocycles. The molecular formula is C20H23ClN4O2. The van der Waals surface area contributed by atoms with Crippen LogP contribution in [0.5, 0.6) is 0 Å². The van der Waals surface area contributed by atoms with Gasteiger partial charge in [-0.3, -0.25) is 4.79 Å². The van der Waals surface area contributed by atoms with Crippen LogP contribution in [0.15, 0.2) is 22.7 Å². The number of aromatic nitrogens is 3. The van der Waals surface area contributed by atoms with E-state index in [0.717, 1.165) is 54.0 Å². The van der Waals surface area contributed by atoms with Gasteiger partial charge in [0.2, 0.25) is 11.8 Å². The average molecular weight is 387 g/mol. The number of aryl methyl sites for hydroxylation is 2. The second kappa shape index (κ2) is 7.72. The first kappa shape index (κ1) is 18.0. The summed E-state index contributed by atoms with van der Waals surface area (Å²) in [5.74, 6) is 1.55. The number of halogens is 1. The maximum absolute atomic E-state index is 12.7. The third-order valence-electron chi connectivity index (χ3n) is 5.06. The van der Waals surface area contributed by atoms with Gasteiger partial charge in [0.15, 0.2) is 5.82 Å². The van der Waals surface area contributed by atoms with Crippen LogP contribution in [0.25, 0.3) is 10.9 Å². The summed E-state index contributed by atoms with van der Waals surface area (Å²) < 4.78 is 5.24. The minimum Gasteiger partial charge on any atom is -0.358 e. The largest absolute Gasteiger partial charge is 0.358 e. The Kier molecular flexibility index (Phi) is 5.16. The molecule has 1 aliphatic rings. The fourth-order valence-corrected chi connectivity index (χ4v) is 3.84. The lowest BCUT2D eigenvalue weighted by molar-refractivity contribution is -0.132. The number of rotatable bonds is 6. The van der Waals surface area contributed by atoms with Gasteiger partial charge in [0.05, 0.1) is 0 Å². The number of benzene rings is 1. The van der Waals surface area contributed by atoms with Gasteiger partial charge >= 0.3 is 0 Å². The van der Waals surface area contributed by atoms with Crippen LogP contribution in [-0.4, -0.2) is 32.5 Å². The Morgan fingerprint density at radius 3 is 3.11 bits per heavy atom. The summed E-state index contributed by atoms with van der Waals surface area (Å²) in [5, 5.41) is 5.79. The minimum absolute atomic E-state index is 0.172. The van der Waals surface area contributed by atoms with Gasteiger partial charge in [-0.05, 0) is 31.0 Å². The highest BCUT2D eigenvalue weighted by atomic mass is 35.5. The first-order valence-electron chi connectivity index (χ1n) is 9.52. The highest BCUT2D eigenvalue weighted by molar-refractivity contribution is 6.31. The topological polar surface area (TPSA) is 75.0 Å². The summed E-state index contributed by atoms with van der Waals surface area (Å²) in [6, 6.07) is 5.86. The Morgan fingerprint density at radius 1 is 1.37 bits per heavy atom. The van der Waals surface area contributed by atoms with Crippen molar-refractivity contribution in [2.45, 2.75) is 52.0 Å². The Morgan fingerprint density at radius 2 is 2.26 bits per heavy atom. The number of nitrogens with one attached hydrogen (secondary N) is 1. The van der Waals surface area contributed by atoms with Gasteiger partial charge in [-0.2, -0.15) is 4.98 Å². The van der Waals surface area contributed by atoms with Crippen molar-refractivity contribution in [3.05, 3.63) is 46.2 Å². The van der Waals surface area contributed by atoms with E-state index in [4.69, 9.17) is 16.1 Å². The van der Waals surface area contributed by atoms with Crippen molar-refractivity contribution >= 4 is 28.4 Å². The zero-order valence-corrected chi connectivity index (χ0v) is 16.2. The van der Waals surface area contributed by atoms with Crippen molar-refractivity contribution in [3.63, 3.8) is 0 Å². The van der Waals surface area contributed by atoms with E-state index in [9.17, 15) is 4.79 Å². The Hall–Kier alpha value is -2.34. The molecule has 1 amide bonds. The molecule has 142 valence electrons. The van der Waals surface area contributed by atoms with Crippen LogP contribution in [-0.2, 0) is 30.6 Å². The molecule has 27 heavy (non-hydrogen) atoms. The monoisotopic (exact) mass is 386 g/mol. The summed E-state index contributed by atoms with van der Waals surface area (Å²) in [6.45, 7) is 3.46. The van der Waals surface area contributed by atoms with E-state index in [-0.39, 0.29) is 5.91 Å². The summed E-state index contributed by atoms with van der Waals surface area (Å²) in [7, 11) is 0. The zero-order chi connectivity index (χ0) is 18.8. The Balaban J connectivity index is 1.36. The standard InChI is InChI=1S/C20H23ClN4O2/c1-2-4-18-23-19(27-24-18)5-3-6-20(26)25-10-9-17-15(12-25)14-11-13(21)7-8-16(14)22-17/h7-8,11,22H,2-6,9-10,12H2,1H3. The number of carbonyl (C=O) groups is 1. The fourth-order valence-electron chi connectivity index (χ4n) is 3.67. The second-order valence-corrected chi connectivity index (χ2v) is 7.48. The number of hydrogen-bond acceptors (Lipinski definition) is 4. The molecule has 4 rings (SSSR count). The molecule has 0 aliphatic carbocycles. The molecule has 0 saturated heterocycles. The first-order valence-corrected chi connectivity index (χ1v) is 9.90. The summed E-state index contributed by atoms with van der Waals surface area (Å²) in [5.41, 5.74) is 3.48. The molecule has 0 unspecified atom stereocenters. The van der Waals surface area contributed by atoms with Crippen LogP contribution >= 0.6 is 11.6 Å². The van der Waals surface area contributed by atoms with Crippen molar-refractivity contribution in [2.75, 3.05) is 6.54 Å². The van der Waals surface area contributed by atoms with Crippen LogP contribution in [0.2, 0.25) is 5.02 Å². The molecule has 3 heterocycles. The number of hydrogen-bond donors (Lipinski definition) is 1. The molecular weight excluding hydrogens is 364 g/mol. The van der Waals surface area contributed by atoms with Crippen LogP contribution < -0.4 is 0 Å². The summed E-state index contributed by atoms with van der Waals surface area (Å²) in [4.78, 5) is 22.4. The zero-order valence-electron chi connectivity index (χ0n) is 15.4. The van der Waals surface area contributed by atoms with E-state index in [1.165, 1.54) is 11.3 Å². The number of H-pyrrole nitrogens is 1. The molecule has 0 atom stereocenters. The van der Waals surface area contributed by atoms with Crippen molar-refractivity contribution in [1.29, 1.82) is 0 Å². The SMILES string of the molecule is CCCc1noc(CCCC(=O)N2CCc3[nH]c4ccc(Cl)cc4c3C2)n1. The lowest BCUT2D eigenvalue weighted by Gasteiger charge is -2.27. The van der Waals surface area contributed by atoms with Crippen LogP contribution in [0.3, 0.4) is 0 Å². The molecule has 0 spiro atoms. The van der Waals surface area contributed by atoms with Gasteiger partial charge < -0.3 is 14.4 Å². The number of fused-ring (bicyclic) bond motifs is 3. The van der Waals surface area contributed by atoms with E-state index in [1.807, 2.05) is 23.1 Å². The van der Waals surface area contributed by atoms with E-state index < -0.39 is 0 Å². The third kappa shape index (κ3) is 3.86. The minimum atomic E-state index is 0.172. The third-order valence-corrected chi connectivity index (χ3v) is 5.29. The lowest BCUT2D eigenvalue weighted by atomic mass is 10.0. The molecule has 6 nitrogen and oxygen atoms in total. The van der Waals surface area contributed by atoms with Gasteiger partial charge in [-0.25, -0.2) is 0 Å². The number of nitrogens with zero attached hydrogens (tertiary/aromatic N) is 3. The molecule has 0 bridgehead atoms. The van der Waals surface area contributed by atoms with Crippen LogP contribution in [0.4, 0.5) is 0 Å². The average Bonchev–Trinajstić information content (AvgIpc) is 3.25. The molecule has 0 fully saturated rings. The van der Waals surface area contributed by atoms with Crippen molar-refractivity contribution in [3.8, 4) is 0 Å².